The Morgan fingerprint density at radius 1 is 1.12 bits per heavy atom. The quantitative estimate of drug-likeness (QED) is 0.839. The third kappa shape index (κ3) is 3.84. The van der Waals surface area contributed by atoms with Crippen LogP contribution < -0.4 is 10.6 Å². The lowest BCUT2D eigenvalue weighted by atomic mass is 10.1. The molecule has 0 aromatic heterocycles. The third-order valence-corrected chi connectivity index (χ3v) is 8.05. The van der Waals surface area contributed by atoms with Gasteiger partial charge in [-0.05, 0) is 37.1 Å². The number of hydrogen-bond acceptors (Lipinski definition) is 6. The van der Waals surface area contributed by atoms with E-state index in [1.807, 2.05) is 12.1 Å². The first-order valence-electron chi connectivity index (χ1n) is 8.61. The number of amidine groups is 1. The summed E-state index contributed by atoms with van der Waals surface area (Å²) in [6, 6.07) is 7.50. The predicted octanol–water partition coefficient (Wildman–Crippen LogP) is 2.04. The summed E-state index contributed by atoms with van der Waals surface area (Å²) in [5.41, 5.74) is 1.51. The highest BCUT2D eigenvalue weighted by atomic mass is 32.2. The van der Waals surface area contributed by atoms with Crippen molar-refractivity contribution in [3.05, 3.63) is 29.8 Å². The molecule has 0 radical (unpaired) electrons. The molecule has 4 rings (SSSR count). The Morgan fingerprint density at radius 3 is 2.52 bits per heavy atom. The van der Waals surface area contributed by atoms with Gasteiger partial charge in [0.05, 0.1) is 17.5 Å². The summed E-state index contributed by atoms with van der Waals surface area (Å²) in [5.74, 6) is 0.332. The third-order valence-electron chi connectivity index (χ3n) is 4.91. The molecule has 1 amide bonds. The maximum atomic E-state index is 12.2. The number of thioether (sulfide) groups is 1. The smallest absolute Gasteiger partial charge is 0.251 e. The Hall–Kier alpha value is -1.54. The first-order valence-corrected chi connectivity index (χ1v) is 11.3. The molecule has 134 valence electrons. The zero-order valence-corrected chi connectivity index (χ0v) is 15.4. The standard InChI is InChI=1S/C17H21N3O3S2/c21-16(18-12-3-1-2-4-12)11-5-7-13(8-6-11)19-17-20-14-9-25(22,23)10-15(14)24-17/h5-8,12,14-15H,1-4,9-10H2,(H,18,21)(H,19,20). The van der Waals surface area contributed by atoms with E-state index in [1.165, 1.54) is 24.6 Å². The molecule has 6 nitrogen and oxygen atoms in total. The molecule has 8 heteroatoms. The van der Waals surface area contributed by atoms with Crippen molar-refractivity contribution in [2.24, 2.45) is 4.99 Å². The maximum absolute atomic E-state index is 12.2. The minimum atomic E-state index is -2.93. The van der Waals surface area contributed by atoms with E-state index in [-0.39, 0.29) is 28.7 Å². The van der Waals surface area contributed by atoms with E-state index in [2.05, 4.69) is 15.6 Å². The number of nitrogens with zero attached hydrogens (tertiary/aromatic N) is 1. The largest absolute Gasteiger partial charge is 0.349 e. The summed E-state index contributed by atoms with van der Waals surface area (Å²) in [4.78, 5) is 16.7. The molecule has 3 aliphatic rings. The Labute approximate surface area is 151 Å². The maximum Gasteiger partial charge on any atom is 0.251 e. The molecule has 0 spiro atoms. The van der Waals surface area contributed by atoms with Crippen LogP contribution in [-0.4, -0.2) is 48.3 Å². The van der Waals surface area contributed by atoms with Crippen LogP contribution in [-0.2, 0) is 9.84 Å². The number of nitrogens with one attached hydrogen (secondary N) is 2. The average Bonchev–Trinajstić information content (AvgIpc) is 3.23. The molecule has 2 unspecified atom stereocenters. The van der Waals surface area contributed by atoms with Crippen molar-refractivity contribution in [3.63, 3.8) is 0 Å². The van der Waals surface area contributed by atoms with Gasteiger partial charge in [-0.2, -0.15) is 0 Å². The molecule has 0 bridgehead atoms. The number of sulfone groups is 1. The fraction of sp³-hybridized carbons (Fsp3) is 0.529. The topological polar surface area (TPSA) is 87.6 Å². The van der Waals surface area contributed by atoms with Gasteiger partial charge in [-0.3, -0.25) is 9.79 Å². The fourth-order valence-corrected chi connectivity index (χ4v) is 7.26. The van der Waals surface area contributed by atoms with Crippen molar-refractivity contribution in [1.29, 1.82) is 0 Å². The molecule has 1 aromatic rings. The van der Waals surface area contributed by atoms with Gasteiger partial charge in [0.2, 0.25) is 0 Å². The summed E-state index contributed by atoms with van der Waals surface area (Å²) >= 11 is 1.49. The van der Waals surface area contributed by atoms with Crippen LogP contribution in [0.15, 0.2) is 29.3 Å². The van der Waals surface area contributed by atoms with Gasteiger partial charge in [-0.1, -0.05) is 24.6 Å². The lowest BCUT2D eigenvalue weighted by Gasteiger charge is -2.12. The number of aliphatic imine (C=N–C) groups is 1. The molecule has 25 heavy (non-hydrogen) atoms. The van der Waals surface area contributed by atoms with Crippen LogP contribution in [0.3, 0.4) is 0 Å². The molecule has 1 aromatic carbocycles. The number of carbonyl (C=O) groups excluding carboxylic acids is 1. The number of carbonyl (C=O) groups is 1. The molecule has 2 aliphatic heterocycles. The summed E-state index contributed by atoms with van der Waals surface area (Å²) < 4.78 is 23.2. The zero-order chi connectivity index (χ0) is 17.4. The highest BCUT2D eigenvalue weighted by Gasteiger charge is 2.42. The highest BCUT2D eigenvalue weighted by Crippen LogP contribution is 2.34. The Morgan fingerprint density at radius 2 is 1.84 bits per heavy atom. The lowest BCUT2D eigenvalue weighted by Crippen LogP contribution is -2.32. The van der Waals surface area contributed by atoms with Crippen LogP contribution in [0.2, 0.25) is 0 Å². The van der Waals surface area contributed by atoms with Gasteiger partial charge in [0.1, 0.15) is 0 Å². The van der Waals surface area contributed by atoms with Crippen LogP contribution >= 0.6 is 11.8 Å². The summed E-state index contributed by atoms with van der Waals surface area (Å²) in [5, 5.41) is 7.09. The number of amides is 1. The summed E-state index contributed by atoms with van der Waals surface area (Å²) in [6.07, 6.45) is 4.52. The van der Waals surface area contributed by atoms with Gasteiger partial charge in [-0.15, -0.1) is 0 Å². The molecule has 1 saturated heterocycles. The summed E-state index contributed by atoms with van der Waals surface area (Å²) in [7, 11) is -2.93. The Kier molecular flexibility index (Phi) is 4.49. The second-order valence-corrected chi connectivity index (χ2v) is 10.3. The van der Waals surface area contributed by atoms with Gasteiger partial charge in [-0.25, -0.2) is 8.42 Å². The van der Waals surface area contributed by atoms with Crippen molar-refractivity contribution in [2.45, 2.75) is 43.0 Å². The van der Waals surface area contributed by atoms with Crippen molar-refractivity contribution in [3.8, 4) is 0 Å². The average molecular weight is 380 g/mol. The van der Waals surface area contributed by atoms with Crippen LogP contribution in [0.1, 0.15) is 36.0 Å². The highest BCUT2D eigenvalue weighted by molar-refractivity contribution is 8.15. The van der Waals surface area contributed by atoms with Crippen molar-refractivity contribution < 1.29 is 13.2 Å². The van der Waals surface area contributed by atoms with Crippen molar-refractivity contribution >= 4 is 38.4 Å². The number of hydrogen-bond donors (Lipinski definition) is 2. The monoisotopic (exact) mass is 379 g/mol. The van der Waals surface area contributed by atoms with E-state index in [1.54, 1.807) is 12.1 Å². The zero-order valence-electron chi connectivity index (χ0n) is 13.8. The molecular weight excluding hydrogens is 358 g/mol. The van der Waals surface area contributed by atoms with Crippen LogP contribution in [0.4, 0.5) is 5.69 Å². The first-order chi connectivity index (χ1) is 12.0. The van der Waals surface area contributed by atoms with E-state index in [9.17, 15) is 13.2 Å². The SMILES string of the molecule is O=C(NC1CCCC1)c1ccc(NC2=NC3CS(=O)(=O)CC3S2)cc1. The number of anilines is 1. The second kappa shape index (κ2) is 6.64. The predicted molar refractivity (Wildman–Crippen MR) is 101 cm³/mol. The molecule has 2 fully saturated rings. The van der Waals surface area contributed by atoms with E-state index >= 15 is 0 Å². The molecule has 2 heterocycles. The Bertz CT molecular complexity index is 799. The number of benzene rings is 1. The molecule has 1 saturated carbocycles. The van der Waals surface area contributed by atoms with Crippen LogP contribution in [0.5, 0.6) is 0 Å². The van der Waals surface area contributed by atoms with Gasteiger partial charge >= 0.3 is 0 Å². The van der Waals surface area contributed by atoms with E-state index in [0.29, 0.717) is 11.6 Å². The Balaban J connectivity index is 1.36. The lowest BCUT2D eigenvalue weighted by molar-refractivity contribution is 0.0938. The van der Waals surface area contributed by atoms with Crippen molar-refractivity contribution in [1.82, 2.24) is 5.32 Å². The first kappa shape index (κ1) is 16.9. The van der Waals surface area contributed by atoms with Gasteiger partial charge < -0.3 is 10.6 Å². The van der Waals surface area contributed by atoms with Gasteiger partial charge in [0, 0.05) is 22.5 Å². The minimum Gasteiger partial charge on any atom is -0.349 e. The van der Waals surface area contributed by atoms with E-state index < -0.39 is 9.84 Å². The van der Waals surface area contributed by atoms with Crippen LogP contribution in [0, 0.1) is 0 Å². The number of fused-ring (bicyclic) bond motifs is 1. The normalized spacial score (nSPS) is 27.8. The van der Waals surface area contributed by atoms with Gasteiger partial charge in [0.25, 0.3) is 5.91 Å². The summed E-state index contributed by atoms with van der Waals surface area (Å²) in [6.45, 7) is 0. The van der Waals surface area contributed by atoms with Gasteiger partial charge in [0.15, 0.2) is 15.0 Å². The van der Waals surface area contributed by atoms with E-state index in [0.717, 1.165) is 23.7 Å². The molecule has 1 aliphatic carbocycles. The molecule has 2 atom stereocenters. The second-order valence-electron chi connectivity index (χ2n) is 6.89. The fourth-order valence-electron chi connectivity index (χ4n) is 3.58. The molecule has 2 N–H and O–H groups in total. The van der Waals surface area contributed by atoms with Crippen LogP contribution in [0.25, 0.3) is 0 Å². The van der Waals surface area contributed by atoms with E-state index in [4.69, 9.17) is 0 Å². The minimum absolute atomic E-state index is 0.0224. The van der Waals surface area contributed by atoms with Crippen molar-refractivity contribution in [2.75, 3.05) is 16.8 Å². The molecular formula is C17H21N3O3S2. The number of rotatable bonds is 3.